The second-order valence-corrected chi connectivity index (χ2v) is 4.66. The van der Waals surface area contributed by atoms with Gasteiger partial charge in [0, 0.05) is 12.4 Å². The van der Waals surface area contributed by atoms with Gasteiger partial charge in [-0.15, -0.1) is 0 Å². The summed E-state index contributed by atoms with van der Waals surface area (Å²) in [5, 5.41) is 2.84. The number of pyridine rings is 2. The molecule has 0 spiro atoms. The van der Waals surface area contributed by atoms with Gasteiger partial charge < -0.3 is 5.32 Å². The van der Waals surface area contributed by atoms with Crippen molar-refractivity contribution < 1.29 is 9.18 Å². The SMILES string of the molecule is CC(C)(NC(=O)c1ccc(F)nc1)c1ccccn1. The highest BCUT2D eigenvalue weighted by molar-refractivity contribution is 5.94. The third-order valence-corrected chi connectivity index (χ3v) is 2.72. The smallest absolute Gasteiger partial charge is 0.253 e. The minimum absolute atomic E-state index is 0.311. The zero-order chi connectivity index (χ0) is 13.9. The number of carbonyl (C=O) groups excluding carboxylic acids is 1. The van der Waals surface area contributed by atoms with Gasteiger partial charge in [-0.1, -0.05) is 6.07 Å². The largest absolute Gasteiger partial charge is 0.341 e. The van der Waals surface area contributed by atoms with Crippen molar-refractivity contribution in [3.63, 3.8) is 0 Å². The first kappa shape index (κ1) is 13.1. The molecule has 2 aromatic rings. The van der Waals surface area contributed by atoms with Crippen LogP contribution >= 0.6 is 0 Å². The number of hydrogen-bond acceptors (Lipinski definition) is 3. The van der Waals surface area contributed by atoms with E-state index in [-0.39, 0.29) is 5.91 Å². The molecule has 5 heteroatoms. The monoisotopic (exact) mass is 259 g/mol. The Morgan fingerprint density at radius 3 is 2.58 bits per heavy atom. The van der Waals surface area contributed by atoms with Gasteiger partial charge >= 0.3 is 0 Å². The predicted molar refractivity (Wildman–Crippen MR) is 68.9 cm³/mol. The van der Waals surface area contributed by atoms with Gasteiger partial charge in [-0.3, -0.25) is 9.78 Å². The molecule has 0 atom stereocenters. The van der Waals surface area contributed by atoms with Crippen molar-refractivity contribution in [2.24, 2.45) is 0 Å². The number of aromatic nitrogens is 2. The maximum atomic E-state index is 12.7. The van der Waals surface area contributed by atoms with Gasteiger partial charge in [-0.05, 0) is 38.1 Å². The number of nitrogens with one attached hydrogen (secondary N) is 1. The predicted octanol–water partition coefficient (Wildman–Crippen LogP) is 2.28. The number of hydrogen-bond donors (Lipinski definition) is 1. The summed E-state index contributed by atoms with van der Waals surface area (Å²) in [4.78, 5) is 19.7. The lowest BCUT2D eigenvalue weighted by molar-refractivity contribution is 0.0910. The molecule has 1 amide bonds. The van der Waals surface area contributed by atoms with Crippen LogP contribution in [0.3, 0.4) is 0 Å². The molecular weight excluding hydrogens is 245 g/mol. The molecular formula is C14H14FN3O. The second-order valence-electron chi connectivity index (χ2n) is 4.66. The van der Waals surface area contributed by atoms with Gasteiger partial charge in [0.05, 0.1) is 16.8 Å². The molecule has 0 radical (unpaired) electrons. The zero-order valence-corrected chi connectivity index (χ0v) is 10.7. The fourth-order valence-electron chi connectivity index (χ4n) is 1.66. The van der Waals surface area contributed by atoms with E-state index in [9.17, 15) is 9.18 Å². The van der Waals surface area contributed by atoms with Crippen molar-refractivity contribution in [2.45, 2.75) is 19.4 Å². The van der Waals surface area contributed by atoms with Crippen molar-refractivity contribution in [1.82, 2.24) is 15.3 Å². The molecule has 0 aliphatic carbocycles. The minimum atomic E-state index is -0.618. The summed E-state index contributed by atoms with van der Waals surface area (Å²) in [5.74, 6) is -0.927. The van der Waals surface area contributed by atoms with Crippen LogP contribution in [0.1, 0.15) is 29.9 Å². The van der Waals surface area contributed by atoms with Crippen LogP contribution < -0.4 is 5.32 Å². The van der Waals surface area contributed by atoms with Gasteiger partial charge in [0.15, 0.2) is 0 Å². The summed E-state index contributed by atoms with van der Waals surface area (Å²) in [6, 6.07) is 8.05. The molecule has 0 bridgehead atoms. The average molecular weight is 259 g/mol. The van der Waals surface area contributed by atoms with Crippen LogP contribution in [0.15, 0.2) is 42.7 Å². The lowest BCUT2D eigenvalue weighted by Gasteiger charge is -2.25. The molecule has 0 aromatic carbocycles. The Morgan fingerprint density at radius 1 is 1.21 bits per heavy atom. The highest BCUT2D eigenvalue weighted by atomic mass is 19.1. The number of nitrogens with zero attached hydrogens (tertiary/aromatic N) is 2. The Bertz CT molecular complexity index is 567. The summed E-state index contributed by atoms with van der Waals surface area (Å²) >= 11 is 0. The summed E-state index contributed by atoms with van der Waals surface area (Å²) < 4.78 is 12.7. The van der Waals surface area contributed by atoms with E-state index in [1.807, 2.05) is 32.0 Å². The fraction of sp³-hybridized carbons (Fsp3) is 0.214. The molecule has 0 fully saturated rings. The van der Waals surface area contributed by atoms with E-state index in [1.54, 1.807) is 6.20 Å². The van der Waals surface area contributed by atoms with Crippen LogP contribution in [0, 0.1) is 5.95 Å². The quantitative estimate of drug-likeness (QED) is 0.860. The Labute approximate surface area is 110 Å². The van der Waals surface area contributed by atoms with Crippen molar-refractivity contribution in [3.8, 4) is 0 Å². The molecule has 0 aliphatic rings. The Morgan fingerprint density at radius 2 is 2.00 bits per heavy atom. The molecule has 0 unspecified atom stereocenters. The van der Waals surface area contributed by atoms with Crippen molar-refractivity contribution in [3.05, 3.63) is 59.9 Å². The van der Waals surface area contributed by atoms with Crippen LogP contribution in [-0.4, -0.2) is 15.9 Å². The lowest BCUT2D eigenvalue weighted by Crippen LogP contribution is -2.41. The average Bonchev–Trinajstić information content (AvgIpc) is 2.40. The number of amides is 1. The molecule has 4 nitrogen and oxygen atoms in total. The zero-order valence-electron chi connectivity index (χ0n) is 10.7. The maximum absolute atomic E-state index is 12.7. The van der Waals surface area contributed by atoms with Crippen LogP contribution in [-0.2, 0) is 5.54 Å². The maximum Gasteiger partial charge on any atom is 0.253 e. The molecule has 2 aromatic heterocycles. The number of rotatable bonds is 3. The first-order chi connectivity index (χ1) is 8.99. The summed E-state index contributed by atoms with van der Waals surface area (Å²) in [7, 11) is 0. The molecule has 19 heavy (non-hydrogen) atoms. The van der Waals surface area contributed by atoms with Gasteiger partial charge in [-0.2, -0.15) is 4.39 Å². The topological polar surface area (TPSA) is 54.9 Å². The van der Waals surface area contributed by atoms with Crippen LogP contribution in [0.2, 0.25) is 0 Å². The molecule has 0 aliphatic heterocycles. The second kappa shape index (κ2) is 5.14. The molecule has 0 saturated heterocycles. The van der Waals surface area contributed by atoms with Crippen molar-refractivity contribution in [1.29, 1.82) is 0 Å². The number of halogens is 1. The normalized spacial score (nSPS) is 11.1. The first-order valence-corrected chi connectivity index (χ1v) is 5.84. The first-order valence-electron chi connectivity index (χ1n) is 5.84. The van der Waals surface area contributed by atoms with Gasteiger partial charge in [-0.25, -0.2) is 4.98 Å². The minimum Gasteiger partial charge on any atom is -0.341 e. The highest BCUT2D eigenvalue weighted by Crippen LogP contribution is 2.17. The van der Waals surface area contributed by atoms with E-state index >= 15 is 0 Å². The van der Waals surface area contributed by atoms with Crippen molar-refractivity contribution >= 4 is 5.91 Å². The van der Waals surface area contributed by atoms with Crippen LogP contribution in [0.25, 0.3) is 0 Å². The molecule has 0 saturated carbocycles. The highest BCUT2D eigenvalue weighted by Gasteiger charge is 2.24. The lowest BCUT2D eigenvalue weighted by atomic mass is 9.99. The Hall–Kier alpha value is -2.30. The van der Waals surface area contributed by atoms with E-state index in [2.05, 4.69) is 15.3 Å². The fourth-order valence-corrected chi connectivity index (χ4v) is 1.66. The van der Waals surface area contributed by atoms with Crippen LogP contribution in [0.4, 0.5) is 4.39 Å². The Kier molecular flexibility index (Phi) is 3.55. The third-order valence-electron chi connectivity index (χ3n) is 2.72. The van der Waals surface area contributed by atoms with Crippen molar-refractivity contribution in [2.75, 3.05) is 0 Å². The van der Waals surface area contributed by atoms with Gasteiger partial charge in [0.1, 0.15) is 0 Å². The van der Waals surface area contributed by atoms with E-state index in [0.717, 1.165) is 11.8 Å². The van der Waals surface area contributed by atoms with Gasteiger partial charge in [0.2, 0.25) is 5.95 Å². The van der Waals surface area contributed by atoms with E-state index < -0.39 is 11.5 Å². The van der Waals surface area contributed by atoms with Crippen LogP contribution in [0.5, 0.6) is 0 Å². The number of carbonyl (C=O) groups is 1. The van der Waals surface area contributed by atoms with E-state index in [0.29, 0.717) is 5.56 Å². The standard InChI is InChI=1S/C14H14FN3O/c1-14(2,11-5-3-4-8-16-11)18-13(19)10-6-7-12(15)17-9-10/h3-9H,1-2H3,(H,18,19). The van der Waals surface area contributed by atoms with E-state index in [4.69, 9.17) is 0 Å². The molecule has 2 heterocycles. The molecule has 1 N–H and O–H groups in total. The summed E-state index contributed by atoms with van der Waals surface area (Å²) in [6.45, 7) is 3.70. The van der Waals surface area contributed by atoms with E-state index in [1.165, 1.54) is 12.3 Å². The Balaban J connectivity index is 2.16. The third kappa shape index (κ3) is 3.13. The molecule has 2 rings (SSSR count). The van der Waals surface area contributed by atoms with Gasteiger partial charge in [0.25, 0.3) is 5.91 Å². The summed E-state index contributed by atoms with van der Waals surface area (Å²) in [5.41, 5.74) is 0.441. The molecule has 98 valence electrons. The summed E-state index contributed by atoms with van der Waals surface area (Å²) in [6.07, 6.45) is 2.88.